The van der Waals surface area contributed by atoms with Gasteiger partial charge in [0.1, 0.15) is 0 Å². The molecular formula is C26H39N3O5. The quantitative estimate of drug-likeness (QED) is 0.565. The summed E-state index contributed by atoms with van der Waals surface area (Å²) in [7, 11) is 3.20. The van der Waals surface area contributed by atoms with Crippen molar-refractivity contribution in [1.82, 2.24) is 15.1 Å². The minimum atomic E-state index is -0.460. The zero-order valence-electron chi connectivity index (χ0n) is 21.0. The molecule has 0 unspecified atom stereocenters. The summed E-state index contributed by atoms with van der Waals surface area (Å²) in [5, 5.41) is 3.15. The second-order valence-electron chi connectivity index (χ2n) is 9.38. The fourth-order valence-electron chi connectivity index (χ4n) is 5.27. The Labute approximate surface area is 202 Å². The van der Waals surface area contributed by atoms with Gasteiger partial charge in [-0.05, 0) is 63.6 Å². The van der Waals surface area contributed by atoms with Gasteiger partial charge in [0.05, 0.1) is 20.1 Å². The smallest absolute Gasteiger partial charge is 0.227 e. The highest BCUT2D eigenvalue weighted by Gasteiger charge is 2.39. The van der Waals surface area contributed by atoms with Crippen LogP contribution in [0.5, 0.6) is 11.5 Å². The van der Waals surface area contributed by atoms with E-state index >= 15 is 0 Å². The molecule has 0 radical (unpaired) electrons. The second kappa shape index (κ2) is 11.6. The first-order valence-corrected chi connectivity index (χ1v) is 12.4. The minimum Gasteiger partial charge on any atom is -0.493 e. The van der Waals surface area contributed by atoms with E-state index in [0.29, 0.717) is 69.8 Å². The van der Waals surface area contributed by atoms with Gasteiger partial charge in [-0.3, -0.25) is 14.4 Å². The highest BCUT2D eigenvalue weighted by Crippen LogP contribution is 2.34. The maximum atomic E-state index is 13.1. The van der Waals surface area contributed by atoms with Crippen LogP contribution in [0.25, 0.3) is 0 Å². The van der Waals surface area contributed by atoms with E-state index in [-0.39, 0.29) is 23.6 Å². The molecule has 0 saturated carbocycles. The molecule has 0 aliphatic carbocycles. The molecule has 8 nitrogen and oxygen atoms in total. The van der Waals surface area contributed by atoms with E-state index in [2.05, 4.69) is 5.32 Å². The standard InChI is InChI=1S/C26H39N3O5/c1-5-28(6-2)25(32)20-8-7-15-29(18-20)24(31)12-14-26(13-11-23(30)27-26)17-19-9-10-21(33-3)22(16-19)34-4/h9-10,16,20H,5-8,11-15,17-18H2,1-4H3,(H,27,30)/t20-,26+/m0/s1. The summed E-state index contributed by atoms with van der Waals surface area (Å²) < 4.78 is 10.8. The zero-order chi connectivity index (χ0) is 24.7. The van der Waals surface area contributed by atoms with Gasteiger partial charge < -0.3 is 24.6 Å². The number of carbonyl (C=O) groups excluding carboxylic acids is 3. The lowest BCUT2D eigenvalue weighted by Gasteiger charge is -2.35. The van der Waals surface area contributed by atoms with Crippen LogP contribution in [0.1, 0.15) is 57.9 Å². The molecule has 3 rings (SSSR count). The lowest BCUT2D eigenvalue weighted by atomic mass is 9.84. The van der Waals surface area contributed by atoms with Crippen LogP contribution >= 0.6 is 0 Å². The largest absolute Gasteiger partial charge is 0.493 e. The fourth-order valence-corrected chi connectivity index (χ4v) is 5.27. The average molecular weight is 474 g/mol. The van der Waals surface area contributed by atoms with E-state index in [0.717, 1.165) is 18.4 Å². The van der Waals surface area contributed by atoms with Crippen LogP contribution in [0.4, 0.5) is 0 Å². The third-order valence-corrected chi connectivity index (χ3v) is 7.24. The molecule has 2 fully saturated rings. The summed E-state index contributed by atoms with van der Waals surface area (Å²) in [6.45, 7) is 6.54. The lowest BCUT2D eigenvalue weighted by molar-refractivity contribution is -0.141. The Hall–Kier alpha value is -2.77. The Morgan fingerprint density at radius 3 is 2.53 bits per heavy atom. The first kappa shape index (κ1) is 25.8. The van der Waals surface area contributed by atoms with Crippen molar-refractivity contribution in [1.29, 1.82) is 0 Å². The summed E-state index contributed by atoms with van der Waals surface area (Å²) >= 11 is 0. The van der Waals surface area contributed by atoms with Crippen molar-refractivity contribution in [3.8, 4) is 11.5 Å². The maximum absolute atomic E-state index is 13.1. The van der Waals surface area contributed by atoms with Gasteiger partial charge in [-0.2, -0.15) is 0 Å². The third-order valence-electron chi connectivity index (χ3n) is 7.24. The molecule has 2 aliphatic rings. The number of hydrogen-bond acceptors (Lipinski definition) is 5. The molecule has 3 amide bonds. The number of hydrogen-bond donors (Lipinski definition) is 1. The van der Waals surface area contributed by atoms with Gasteiger partial charge in [0.15, 0.2) is 11.5 Å². The number of carbonyl (C=O) groups is 3. The minimum absolute atomic E-state index is 0.0239. The molecule has 2 aliphatic heterocycles. The Balaban J connectivity index is 1.65. The molecule has 1 aromatic carbocycles. The van der Waals surface area contributed by atoms with Gasteiger partial charge in [-0.1, -0.05) is 6.07 Å². The van der Waals surface area contributed by atoms with Gasteiger partial charge in [0, 0.05) is 44.6 Å². The van der Waals surface area contributed by atoms with Crippen molar-refractivity contribution >= 4 is 17.7 Å². The Morgan fingerprint density at radius 1 is 1.18 bits per heavy atom. The Bertz CT molecular complexity index is 885. The van der Waals surface area contributed by atoms with Gasteiger partial charge in [0.2, 0.25) is 17.7 Å². The fraction of sp³-hybridized carbons (Fsp3) is 0.654. The van der Waals surface area contributed by atoms with Gasteiger partial charge in [0.25, 0.3) is 0 Å². The number of methoxy groups -OCH3 is 2. The van der Waals surface area contributed by atoms with Crippen molar-refractivity contribution in [3.05, 3.63) is 23.8 Å². The Morgan fingerprint density at radius 2 is 1.91 bits per heavy atom. The summed E-state index contributed by atoms with van der Waals surface area (Å²) in [5.41, 5.74) is 0.564. The normalized spacial score (nSPS) is 22.3. The van der Waals surface area contributed by atoms with Gasteiger partial charge in [-0.25, -0.2) is 0 Å². The highest BCUT2D eigenvalue weighted by molar-refractivity contribution is 5.82. The maximum Gasteiger partial charge on any atom is 0.227 e. The van der Waals surface area contributed by atoms with Crippen LogP contribution < -0.4 is 14.8 Å². The van der Waals surface area contributed by atoms with Gasteiger partial charge in [-0.15, -0.1) is 0 Å². The molecule has 0 bridgehead atoms. The first-order valence-electron chi connectivity index (χ1n) is 12.4. The molecule has 1 aromatic rings. The molecule has 2 saturated heterocycles. The van der Waals surface area contributed by atoms with Crippen molar-refractivity contribution in [2.45, 2.75) is 64.3 Å². The third kappa shape index (κ3) is 6.02. The molecule has 188 valence electrons. The molecule has 2 atom stereocenters. The lowest BCUT2D eigenvalue weighted by Crippen LogP contribution is -2.48. The van der Waals surface area contributed by atoms with E-state index in [1.165, 1.54) is 0 Å². The van der Waals surface area contributed by atoms with Crippen molar-refractivity contribution in [2.75, 3.05) is 40.4 Å². The van der Waals surface area contributed by atoms with Crippen molar-refractivity contribution < 1.29 is 23.9 Å². The number of amides is 3. The topological polar surface area (TPSA) is 88.2 Å². The number of likely N-dealkylation sites (tertiary alicyclic amines) is 1. The number of piperidine rings is 1. The average Bonchev–Trinajstić information content (AvgIpc) is 3.23. The predicted octanol–water partition coefficient (Wildman–Crippen LogP) is 2.78. The number of ether oxygens (including phenoxy) is 2. The first-order chi connectivity index (χ1) is 16.3. The van der Waals surface area contributed by atoms with Crippen LogP contribution in [0.15, 0.2) is 18.2 Å². The SMILES string of the molecule is CCN(CC)C(=O)[C@H]1CCCN(C(=O)CC[C@@]2(Cc3ccc(OC)c(OC)c3)CCC(=O)N2)C1. The second-order valence-corrected chi connectivity index (χ2v) is 9.38. The summed E-state index contributed by atoms with van der Waals surface area (Å²) in [4.78, 5) is 41.8. The van der Waals surface area contributed by atoms with Crippen LogP contribution in [-0.2, 0) is 20.8 Å². The molecule has 34 heavy (non-hydrogen) atoms. The Kier molecular flexibility index (Phi) is 8.80. The van der Waals surface area contributed by atoms with Crippen LogP contribution in [0.2, 0.25) is 0 Å². The van der Waals surface area contributed by atoms with E-state index in [4.69, 9.17) is 9.47 Å². The number of benzene rings is 1. The summed E-state index contributed by atoms with van der Waals surface area (Å²) in [6, 6.07) is 5.77. The van der Waals surface area contributed by atoms with E-state index in [1.54, 1.807) is 14.2 Å². The van der Waals surface area contributed by atoms with Crippen molar-refractivity contribution in [2.24, 2.45) is 5.92 Å². The number of rotatable bonds is 10. The van der Waals surface area contributed by atoms with Crippen LogP contribution in [0, 0.1) is 5.92 Å². The number of nitrogens with zero attached hydrogens (tertiary/aromatic N) is 2. The summed E-state index contributed by atoms with van der Waals surface area (Å²) in [6.07, 6.45) is 4.36. The van der Waals surface area contributed by atoms with E-state index in [9.17, 15) is 14.4 Å². The van der Waals surface area contributed by atoms with Crippen LogP contribution in [0.3, 0.4) is 0 Å². The van der Waals surface area contributed by atoms with Crippen LogP contribution in [-0.4, -0.2) is 73.5 Å². The van der Waals surface area contributed by atoms with Crippen molar-refractivity contribution in [3.63, 3.8) is 0 Å². The monoisotopic (exact) mass is 473 g/mol. The van der Waals surface area contributed by atoms with E-state index < -0.39 is 5.54 Å². The number of nitrogens with one attached hydrogen (secondary N) is 1. The molecule has 1 N–H and O–H groups in total. The van der Waals surface area contributed by atoms with Gasteiger partial charge >= 0.3 is 0 Å². The predicted molar refractivity (Wildman–Crippen MR) is 130 cm³/mol. The van der Waals surface area contributed by atoms with E-state index in [1.807, 2.05) is 41.8 Å². The molecular weight excluding hydrogens is 434 g/mol. The highest BCUT2D eigenvalue weighted by atomic mass is 16.5. The molecule has 0 spiro atoms. The molecule has 2 heterocycles. The summed E-state index contributed by atoms with van der Waals surface area (Å²) in [5.74, 6) is 1.42. The zero-order valence-corrected chi connectivity index (χ0v) is 21.0. The molecule has 0 aromatic heterocycles. The molecule has 8 heteroatoms.